The molecule has 2 heterocycles. The Morgan fingerprint density at radius 2 is 1.68 bits per heavy atom. The minimum absolute atomic E-state index is 0. The van der Waals surface area contributed by atoms with Crippen LogP contribution < -0.4 is 10.1 Å². The lowest BCUT2D eigenvalue weighted by atomic mass is 9.88. The molecule has 7 nitrogen and oxygen atoms in total. The lowest BCUT2D eigenvalue weighted by molar-refractivity contribution is -0.134. The van der Waals surface area contributed by atoms with Gasteiger partial charge >= 0.3 is 6.03 Å². The van der Waals surface area contributed by atoms with E-state index in [2.05, 4.69) is 42.3 Å². The van der Waals surface area contributed by atoms with Gasteiger partial charge < -0.3 is 24.8 Å². The summed E-state index contributed by atoms with van der Waals surface area (Å²) in [5.41, 5.74) is 2.00. The molecule has 0 saturated carbocycles. The largest absolute Gasteiger partial charge is 0.492 e. The second-order valence-corrected chi connectivity index (χ2v) is 11.5. The number of rotatable bonds is 11. The summed E-state index contributed by atoms with van der Waals surface area (Å²) in [5, 5.41) is 4.06. The molecule has 0 aliphatic carbocycles. The van der Waals surface area contributed by atoms with E-state index in [0.717, 1.165) is 69.7 Å². The van der Waals surface area contributed by atoms with Gasteiger partial charge in [0.05, 0.1) is 0 Å². The van der Waals surface area contributed by atoms with Gasteiger partial charge in [0.1, 0.15) is 18.4 Å². The van der Waals surface area contributed by atoms with Crippen LogP contribution in [0.25, 0.3) is 0 Å². The van der Waals surface area contributed by atoms with Gasteiger partial charge in [0, 0.05) is 49.2 Å². The third-order valence-electron chi connectivity index (χ3n) is 8.15. The summed E-state index contributed by atoms with van der Waals surface area (Å²) >= 11 is 12.5. The molecule has 0 spiro atoms. The van der Waals surface area contributed by atoms with Crippen molar-refractivity contribution in [2.75, 3.05) is 52.4 Å². The molecule has 0 aromatic heterocycles. The molecule has 10 heteroatoms. The maximum absolute atomic E-state index is 13.8. The Morgan fingerprint density at radius 3 is 2.34 bits per heavy atom. The standard InChI is InChI=1S/C31H42Cl2N4O3.ClH/c1-3-35(4-2)19-20-40-29-10-6-5-9-26(29)23-13-17-36(18-14-23)30(38)28(34-31(39)37-15-7-8-16-37)21-24-11-12-25(32)22-27(24)33;/h5-6,9-12,22-23,28H,3-4,7-8,13-21H2,1-2H3,(H,34,39);1H/t28-;/m1./s1. The molecule has 4 rings (SSSR count). The number of urea groups is 1. The van der Waals surface area contributed by atoms with Crippen molar-refractivity contribution in [1.82, 2.24) is 20.0 Å². The minimum Gasteiger partial charge on any atom is -0.492 e. The molecule has 2 aliphatic rings. The minimum atomic E-state index is -0.695. The van der Waals surface area contributed by atoms with Gasteiger partial charge in [-0.3, -0.25) is 4.79 Å². The van der Waals surface area contributed by atoms with E-state index in [-0.39, 0.29) is 24.3 Å². The monoisotopic (exact) mass is 624 g/mol. The molecule has 2 aromatic rings. The summed E-state index contributed by atoms with van der Waals surface area (Å²) in [5.74, 6) is 1.19. The van der Waals surface area contributed by atoms with Crippen LogP contribution in [0.5, 0.6) is 5.75 Å². The van der Waals surface area contributed by atoms with Crippen molar-refractivity contribution in [2.24, 2.45) is 0 Å². The topological polar surface area (TPSA) is 65.1 Å². The van der Waals surface area contributed by atoms with Crippen molar-refractivity contribution >= 4 is 47.5 Å². The first-order valence-electron chi connectivity index (χ1n) is 14.6. The van der Waals surface area contributed by atoms with E-state index in [0.29, 0.717) is 42.1 Å². The van der Waals surface area contributed by atoms with Gasteiger partial charge in [-0.25, -0.2) is 4.79 Å². The predicted molar refractivity (Wildman–Crippen MR) is 169 cm³/mol. The van der Waals surface area contributed by atoms with Gasteiger partial charge in [-0.05, 0) is 74.0 Å². The summed E-state index contributed by atoms with van der Waals surface area (Å²) in [6.07, 6.45) is 3.98. The Morgan fingerprint density at radius 1 is 1.00 bits per heavy atom. The summed E-state index contributed by atoms with van der Waals surface area (Å²) in [4.78, 5) is 32.8. The van der Waals surface area contributed by atoms with E-state index in [1.165, 1.54) is 5.56 Å². The number of nitrogens with one attached hydrogen (secondary N) is 1. The van der Waals surface area contributed by atoms with Crippen LogP contribution in [0.15, 0.2) is 42.5 Å². The average molecular weight is 626 g/mol. The average Bonchev–Trinajstić information content (AvgIpc) is 3.52. The highest BCUT2D eigenvalue weighted by Gasteiger charge is 2.32. The SMILES string of the molecule is CCN(CC)CCOc1ccccc1C1CCN(C(=O)[C@@H](Cc2ccc(Cl)cc2Cl)NC(=O)N2CCCC2)CC1.Cl. The normalized spacial score (nSPS) is 16.4. The van der Waals surface area contributed by atoms with Crippen molar-refractivity contribution in [2.45, 2.75) is 57.9 Å². The highest BCUT2D eigenvalue weighted by atomic mass is 35.5. The lowest BCUT2D eigenvalue weighted by Crippen LogP contribution is -2.54. The number of carbonyl (C=O) groups is 2. The van der Waals surface area contributed by atoms with Gasteiger partial charge in [0.2, 0.25) is 5.91 Å². The van der Waals surface area contributed by atoms with Crippen LogP contribution in [0.4, 0.5) is 4.79 Å². The molecule has 2 aliphatic heterocycles. The van der Waals surface area contributed by atoms with Crippen LogP contribution in [0, 0.1) is 0 Å². The number of hydrogen-bond acceptors (Lipinski definition) is 4. The fourth-order valence-electron chi connectivity index (χ4n) is 5.67. The number of hydrogen-bond donors (Lipinski definition) is 1. The Hall–Kier alpha value is -2.19. The molecule has 2 aromatic carbocycles. The summed E-state index contributed by atoms with van der Waals surface area (Å²) in [7, 11) is 0. The second-order valence-electron chi connectivity index (χ2n) is 10.6. The zero-order valence-electron chi connectivity index (χ0n) is 24.1. The lowest BCUT2D eigenvalue weighted by Gasteiger charge is -2.35. The molecule has 1 N–H and O–H groups in total. The number of amides is 3. The molecule has 3 amide bonds. The number of halogens is 3. The Bertz CT molecular complexity index is 1130. The number of para-hydroxylation sites is 1. The number of ether oxygens (including phenoxy) is 1. The summed E-state index contributed by atoms with van der Waals surface area (Å²) < 4.78 is 6.22. The molecule has 0 radical (unpaired) electrons. The van der Waals surface area contributed by atoms with Crippen LogP contribution in [0.1, 0.15) is 56.6 Å². The molecular weight excluding hydrogens is 583 g/mol. The predicted octanol–water partition coefficient (Wildman–Crippen LogP) is 6.26. The zero-order chi connectivity index (χ0) is 28.5. The van der Waals surface area contributed by atoms with Crippen LogP contribution in [-0.2, 0) is 11.2 Å². The van der Waals surface area contributed by atoms with Crippen LogP contribution >= 0.6 is 35.6 Å². The van der Waals surface area contributed by atoms with E-state index < -0.39 is 6.04 Å². The maximum atomic E-state index is 13.8. The smallest absolute Gasteiger partial charge is 0.318 e. The van der Waals surface area contributed by atoms with E-state index >= 15 is 0 Å². The highest BCUT2D eigenvalue weighted by molar-refractivity contribution is 6.35. The van der Waals surface area contributed by atoms with E-state index in [4.69, 9.17) is 27.9 Å². The molecule has 1 atom stereocenters. The number of nitrogens with zero attached hydrogens (tertiary/aromatic N) is 3. The van der Waals surface area contributed by atoms with Gasteiger partial charge in [-0.2, -0.15) is 0 Å². The van der Waals surface area contributed by atoms with Crippen molar-refractivity contribution in [1.29, 1.82) is 0 Å². The van der Waals surface area contributed by atoms with Crippen molar-refractivity contribution in [3.63, 3.8) is 0 Å². The summed E-state index contributed by atoms with van der Waals surface area (Å²) in [6, 6.07) is 12.7. The third-order valence-corrected chi connectivity index (χ3v) is 8.74. The quantitative estimate of drug-likeness (QED) is 0.320. The number of carbonyl (C=O) groups excluding carboxylic acids is 2. The Balaban J connectivity index is 0.00000462. The molecule has 0 bridgehead atoms. The Labute approximate surface area is 260 Å². The highest BCUT2D eigenvalue weighted by Crippen LogP contribution is 2.34. The van der Waals surface area contributed by atoms with Crippen LogP contribution in [-0.4, -0.2) is 85.1 Å². The molecule has 226 valence electrons. The second kappa shape index (κ2) is 16.4. The first-order valence-corrected chi connectivity index (χ1v) is 15.4. The molecule has 41 heavy (non-hydrogen) atoms. The third kappa shape index (κ3) is 9.15. The Kier molecular flexibility index (Phi) is 13.4. The number of benzene rings is 2. The van der Waals surface area contributed by atoms with Gasteiger partial charge in [-0.1, -0.05) is 61.3 Å². The van der Waals surface area contributed by atoms with Crippen molar-refractivity contribution in [3.8, 4) is 5.75 Å². The van der Waals surface area contributed by atoms with Crippen molar-refractivity contribution in [3.05, 3.63) is 63.6 Å². The first kappa shape index (κ1) is 33.3. The fraction of sp³-hybridized carbons (Fsp3) is 0.548. The number of likely N-dealkylation sites (N-methyl/N-ethyl adjacent to an activating group) is 1. The number of likely N-dealkylation sites (tertiary alicyclic amines) is 2. The first-order chi connectivity index (χ1) is 19.4. The maximum Gasteiger partial charge on any atom is 0.318 e. The van der Waals surface area contributed by atoms with E-state index in [1.807, 2.05) is 17.0 Å². The van der Waals surface area contributed by atoms with Gasteiger partial charge in [-0.15, -0.1) is 12.4 Å². The molecule has 2 saturated heterocycles. The van der Waals surface area contributed by atoms with Crippen LogP contribution in [0.3, 0.4) is 0 Å². The fourth-order valence-corrected chi connectivity index (χ4v) is 6.16. The molecule has 2 fully saturated rings. The van der Waals surface area contributed by atoms with E-state index in [9.17, 15) is 9.59 Å². The van der Waals surface area contributed by atoms with Crippen molar-refractivity contribution < 1.29 is 14.3 Å². The van der Waals surface area contributed by atoms with Gasteiger partial charge in [0.25, 0.3) is 0 Å². The number of piperidine rings is 1. The zero-order valence-corrected chi connectivity index (χ0v) is 26.4. The molecular formula is C31H43Cl3N4O3. The van der Waals surface area contributed by atoms with Gasteiger partial charge in [0.15, 0.2) is 0 Å². The van der Waals surface area contributed by atoms with Crippen LogP contribution in [0.2, 0.25) is 10.0 Å². The molecule has 0 unspecified atom stereocenters. The summed E-state index contributed by atoms with van der Waals surface area (Å²) in [6.45, 7) is 10.6. The van der Waals surface area contributed by atoms with E-state index in [1.54, 1.807) is 17.0 Å².